The summed E-state index contributed by atoms with van der Waals surface area (Å²) < 4.78 is 16.2. The highest BCUT2D eigenvalue weighted by atomic mass is 32.2. The Balaban J connectivity index is 1.52. The molecule has 0 saturated carbocycles. The highest BCUT2D eigenvalue weighted by molar-refractivity contribution is 8.00. The van der Waals surface area contributed by atoms with Gasteiger partial charge in [0, 0.05) is 21.8 Å². The number of carbonyl (C=O) groups excluding carboxylic acids is 3. The van der Waals surface area contributed by atoms with E-state index >= 15 is 0 Å². The van der Waals surface area contributed by atoms with Crippen molar-refractivity contribution >= 4 is 52.9 Å². The predicted molar refractivity (Wildman–Crippen MR) is 177 cm³/mol. The number of benzene rings is 4. The second kappa shape index (κ2) is 15.9. The van der Waals surface area contributed by atoms with E-state index in [1.54, 1.807) is 66.7 Å². The van der Waals surface area contributed by atoms with E-state index in [2.05, 4.69) is 16.0 Å². The summed E-state index contributed by atoms with van der Waals surface area (Å²) in [6.07, 6.45) is 1.47. The van der Waals surface area contributed by atoms with Gasteiger partial charge in [-0.15, -0.1) is 11.8 Å². The summed E-state index contributed by atoms with van der Waals surface area (Å²) >= 11 is 1.18. The van der Waals surface area contributed by atoms with E-state index < -0.39 is 29.4 Å². The van der Waals surface area contributed by atoms with Crippen molar-refractivity contribution in [1.82, 2.24) is 5.32 Å². The number of carbonyl (C=O) groups is 4. The highest BCUT2D eigenvalue weighted by Gasteiger charge is 2.18. The molecule has 0 spiro atoms. The minimum atomic E-state index is -1.33. The molecule has 0 aliphatic rings. The number of aromatic hydroxyl groups is 1. The Morgan fingerprint density at radius 3 is 2.11 bits per heavy atom. The molecular formula is C34H31N3O9S. The molecule has 242 valence electrons. The van der Waals surface area contributed by atoms with Crippen LogP contribution in [0, 0.1) is 0 Å². The van der Waals surface area contributed by atoms with Crippen LogP contribution in [-0.4, -0.2) is 61.0 Å². The molecule has 0 aromatic heterocycles. The van der Waals surface area contributed by atoms with Crippen molar-refractivity contribution in [3.8, 4) is 23.0 Å². The second-order valence-corrected chi connectivity index (χ2v) is 10.7. The zero-order chi connectivity index (χ0) is 33.9. The SMILES string of the molecule is COc1cc(/C=C(/NC(=O)c2ccccc2)C(=O)Nc2cccc(SCC(=O)Nc3ccc(O)c(C(=O)O)c3)c2)cc(OC)c1OC. The van der Waals surface area contributed by atoms with Crippen molar-refractivity contribution in [1.29, 1.82) is 0 Å². The summed E-state index contributed by atoms with van der Waals surface area (Å²) in [5, 5.41) is 26.9. The van der Waals surface area contributed by atoms with Crippen molar-refractivity contribution in [3.63, 3.8) is 0 Å². The number of thioether (sulfide) groups is 1. The molecule has 13 heteroatoms. The Labute approximate surface area is 274 Å². The van der Waals surface area contributed by atoms with E-state index in [-0.39, 0.29) is 22.7 Å². The number of phenols is 1. The van der Waals surface area contributed by atoms with Gasteiger partial charge < -0.3 is 40.4 Å². The van der Waals surface area contributed by atoms with Gasteiger partial charge >= 0.3 is 5.97 Å². The lowest BCUT2D eigenvalue weighted by Gasteiger charge is -2.15. The quantitative estimate of drug-likeness (QED) is 0.0726. The standard InChI is InChI=1S/C34H31N3O9S/c1-44-28-15-20(16-29(45-2)31(28)46-3)14-26(37-32(40)21-8-5-4-6-9-21)33(41)36-22-10-7-11-24(17-22)47-19-30(39)35-23-12-13-27(38)25(18-23)34(42)43/h4-18,38H,19H2,1-3H3,(H,35,39)(H,36,41)(H,37,40)(H,42,43)/b26-14+. The van der Waals surface area contributed by atoms with E-state index in [0.717, 1.165) is 6.07 Å². The number of hydrogen-bond donors (Lipinski definition) is 5. The number of methoxy groups -OCH3 is 3. The monoisotopic (exact) mass is 657 g/mol. The van der Waals surface area contributed by atoms with E-state index in [9.17, 15) is 29.4 Å². The summed E-state index contributed by atoms with van der Waals surface area (Å²) in [4.78, 5) is 51.1. The van der Waals surface area contributed by atoms with Crippen molar-refractivity contribution in [2.75, 3.05) is 37.7 Å². The first kappa shape index (κ1) is 33.9. The Bertz CT molecular complexity index is 1800. The van der Waals surface area contributed by atoms with Gasteiger partial charge in [0.25, 0.3) is 11.8 Å². The summed E-state index contributed by atoms with van der Waals surface area (Å²) in [5.74, 6) is -2.23. The molecule has 0 heterocycles. The summed E-state index contributed by atoms with van der Waals surface area (Å²) in [6, 6.07) is 22.2. The molecule has 4 aromatic carbocycles. The maximum atomic E-state index is 13.6. The molecule has 0 radical (unpaired) electrons. The van der Waals surface area contributed by atoms with Crippen LogP contribution in [0.25, 0.3) is 6.08 Å². The fourth-order valence-corrected chi connectivity index (χ4v) is 5.04. The lowest BCUT2D eigenvalue weighted by atomic mass is 10.1. The van der Waals surface area contributed by atoms with Gasteiger partial charge in [0.2, 0.25) is 11.7 Å². The Hall–Kier alpha value is -5.95. The van der Waals surface area contributed by atoms with Gasteiger partial charge in [0.15, 0.2) is 11.5 Å². The fourth-order valence-electron chi connectivity index (χ4n) is 4.29. The van der Waals surface area contributed by atoms with E-state index in [0.29, 0.717) is 39.0 Å². The number of carboxylic acids is 1. The zero-order valence-corrected chi connectivity index (χ0v) is 26.3. The van der Waals surface area contributed by atoms with Crippen molar-refractivity contribution in [2.45, 2.75) is 4.90 Å². The first-order valence-corrected chi connectivity index (χ1v) is 14.9. The first-order valence-electron chi connectivity index (χ1n) is 13.9. The smallest absolute Gasteiger partial charge is 0.339 e. The third-order valence-corrected chi connectivity index (χ3v) is 7.49. The number of carboxylic acid groups (broad SMARTS) is 1. The molecule has 4 aromatic rings. The molecule has 0 bridgehead atoms. The van der Waals surface area contributed by atoms with Crippen LogP contribution in [-0.2, 0) is 9.59 Å². The first-order chi connectivity index (χ1) is 22.6. The Morgan fingerprint density at radius 1 is 0.787 bits per heavy atom. The number of ether oxygens (including phenoxy) is 3. The molecule has 47 heavy (non-hydrogen) atoms. The van der Waals surface area contributed by atoms with Gasteiger partial charge in [-0.1, -0.05) is 24.3 Å². The van der Waals surface area contributed by atoms with Crippen molar-refractivity contribution in [3.05, 3.63) is 107 Å². The molecule has 12 nitrogen and oxygen atoms in total. The summed E-state index contributed by atoms with van der Waals surface area (Å²) in [6.45, 7) is 0. The van der Waals surface area contributed by atoms with Gasteiger partial charge in [-0.3, -0.25) is 14.4 Å². The molecule has 5 N–H and O–H groups in total. The molecular weight excluding hydrogens is 626 g/mol. The molecule has 4 rings (SSSR count). The molecule has 0 saturated heterocycles. The summed E-state index contributed by atoms with van der Waals surface area (Å²) in [5.41, 5.74) is 1.04. The van der Waals surface area contributed by atoms with Crippen LogP contribution in [0.4, 0.5) is 11.4 Å². The molecule has 0 atom stereocenters. The highest BCUT2D eigenvalue weighted by Crippen LogP contribution is 2.38. The molecule has 3 amide bonds. The van der Waals surface area contributed by atoms with Gasteiger partial charge in [0.05, 0.1) is 27.1 Å². The predicted octanol–water partition coefficient (Wildman–Crippen LogP) is 5.26. The van der Waals surface area contributed by atoms with Gasteiger partial charge in [-0.2, -0.15) is 0 Å². The van der Waals surface area contributed by atoms with Crippen LogP contribution >= 0.6 is 11.8 Å². The third-order valence-electron chi connectivity index (χ3n) is 6.50. The topological polar surface area (TPSA) is 173 Å². The maximum Gasteiger partial charge on any atom is 0.339 e. The zero-order valence-electron chi connectivity index (χ0n) is 25.5. The number of hydrogen-bond acceptors (Lipinski definition) is 9. The Morgan fingerprint density at radius 2 is 1.47 bits per heavy atom. The Kier molecular flexibility index (Phi) is 11.5. The van der Waals surface area contributed by atoms with E-state index in [4.69, 9.17) is 14.2 Å². The largest absolute Gasteiger partial charge is 0.507 e. The fraction of sp³-hybridized carbons (Fsp3) is 0.118. The normalized spacial score (nSPS) is 10.8. The maximum absolute atomic E-state index is 13.6. The second-order valence-electron chi connectivity index (χ2n) is 9.69. The van der Waals surface area contributed by atoms with E-state index in [1.807, 2.05) is 0 Å². The third kappa shape index (κ3) is 9.05. The molecule has 0 fully saturated rings. The van der Waals surface area contributed by atoms with Crippen LogP contribution in [0.2, 0.25) is 0 Å². The van der Waals surface area contributed by atoms with Crippen LogP contribution in [0.5, 0.6) is 23.0 Å². The van der Waals surface area contributed by atoms with Crippen molar-refractivity contribution in [2.24, 2.45) is 0 Å². The van der Waals surface area contributed by atoms with Gasteiger partial charge in [0.1, 0.15) is 17.0 Å². The lowest BCUT2D eigenvalue weighted by molar-refractivity contribution is -0.114. The molecule has 0 aliphatic carbocycles. The van der Waals surface area contributed by atoms with E-state index in [1.165, 1.54) is 51.3 Å². The molecule has 0 unspecified atom stereocenters. The van der Waals surface area contributed by atoms with Gasteiger partial charge in [-0.05, 0) is 72.3 Å². The average Bonchev–Trinajstić information content (AvgIpc) is 3.07. The van der Waals surface area contributed by atoms with Crippen LogP contribution in [0.1, 0.15) is 26.3 Å². The number of rotatable bonds is 13. The minimum absolute atomic E-state index is 0.0277. The van der Waals surface area contributed by atoms with Crippen molar-refractivity contribution < 1.29 is 43.6 Å². The summed E-state index contributed by atoms with van der Waals surface area (Å²) in [7, 11) is 4.40. The number of amides is 3. The number of aromatic carboxylic acids is 1. The van der Waals surface area contributed by atoms with Crippen LogP contribution in [0.15, 0.2) is 95.5 Å². The van der Waals surface area contributed by atoms with Crippen LogP contribution in [0.3, 0.4) is 0 Å². The molecule has 0 aliphatic heterocycles. The lowest BCUT2D eigenvalue weighted by Crippen LogP contribution is -2.30. The minimum Gasteiger partial charge on any atom is -0.507 e. The average molecular weight is 658 g/mol. The van der Waals surface area contributed by atoms with Gasteiger partial charge in [-0.25, -0.2) is 4.79 Å². The number of nitrogens with one attached hydrogen (secondary N) is 3. The number of anilines is 2. The van der Waals surface area contributed by atoms with Crippen LogP contribution < -0.4 is 30.2 Å².